The van der Waals surface area contributed by atoms with E-state index in [0.717, 1.165) is 5.52 Å². The zero-order valence-electron chi connectivity index (χ0n) is 18.6. The van der Waals surface area contributed by atoms with Crippen LogP contribution in [0.25, 0.3) is 11.0 Å². The highest BCUT2D eigenvalue weighted by Gasteiger charge is 2.50. The third-order valence-electron chi connectivity index (χ3n) is 6.45. The highest BCUT2D eigenvalue weighted by Crippen LogP contribution is 2.39. The molecule has 0 spiro atoms. The Bertz CT molecular complexity index is 1130. The summed E-state index contributed by atoms with van der Waals surface area (Å²) in [7, 11) is -2.53. The summed E-state index contributed by atoms with van der Waals surface area (Å²) in [6.45, 7) is 7.57. The molecule has 4 aromatic rings. The Morgan fingerprint density at radius 2 is 1.52 bits per heavy atom. The summed E-state index contributed by atoms with van der Waals surface area (Å²) in [6, 6.07) is 28.9. The van der Waals surface area contributed by atoms with E-state index in [9.17, 15) is 0 Å². The Hall–Kier alpha value is -2.69. The van der Waals surface area contributed by atoms with Crippen molar-refractivity contribution in [1.82, 2.24) is 9.55 Å². The minimum atomic E-state index is -2.53. The van der Waals surface area contributed by atoms with Crippen LogP contribution < -0.4 is 10.4 Å². The van der Waals surface area contributed by atoms with E-state index in [0.29, 0.717) is 12.6 Å². The van der Waals surface area contributed by atoms with E-state index in [1.54, 1.807) is 0 Å². The molecule has 0 aliphatic heterocycles. The van der Waals surface area contributed by atoms with E-state index < -0.39 is 8.32 Å². The molecule has 1 aliphatic carbocycles. The molecule has 1 aliphatic rings. The molecule has 1 aromatic heterocycles. The van der Waals surface area contributed by atoms with Crippen LogP contribution in [0.3, 0.4) is 0 Å². The maximum atomic E-state index is 7.10. The van der Waals surface area contributed by atoms with Crippen LogP contribution in [0, 0.1) is 0 Å². The minimum absolute atomic E-state index is 0.0183. The van der Waals surface area contributed by atoms with Crippen molar-refractivity contribution >= 4 is 29.7 Å². The Balaban J connectivity index is 1.56. The van der Waals surface area contributed by atoms with Gasteiger partial charge >= 0.3 is 0 Å². The van der Waals surface area contributed by atoms with Crippen LogP contribution >= 0.6 is 0 Å². The third kappa shape index (κ3) is 3.64. The predicted octanol–water partition coefficient (Wildman–Crippen LogP) is 5.45. The molecular formula is C27H30N2OSi. The lowest BCUT2D eigenvalue weighted by Crippen LogP contribution is -2.66. The monoisotopic (exact) mass is 426 g/mol. The summed E-state index contributed by atoms with van der Waals surface area (Å²) in [5.41, 5.74) is 3.51. The zero-order chi connectivity index (χ0) is 21.5. The second kappa shape index (κ2) is 7.77. The average molecular weight is 427 g/mol. The molecule has 0 amide bonds. The van der Waals surface area contributed by atoms with Gasteiger partial charge in [-0.2, -0.15) is 0 Å². The van der Waals surface area contributed by atoms with E-state index >= 15 is 0 Å². The van der Waals surface area contributed by atoms with E-state index in [1.165, 1.54) is 34.3 Å². The maximum absolute atomic E-state index is 7.10. The topological polar surface area (TPSA) is 27.1 Å². The molecule has 4 heteroatoms. The summed E-state index contributed by atoms with van der Waals surface area (Å²) in [5, 5.41) is 2.62. The third-order valence-corrected chi connectivity index (χ3v) is 11.4. The highest BCUT2D eigenvalue weighted by molar-refractivity contribution is 6.99. The maximum Gasteiger partial charge on any atom is 0.261 e. The number of aromatic nitrogens is 2. The molecule has 31 heavy (non-hydrogen) atoms. The first-order valence-electron chi connectivity index (χ1n) is 11.2. The van der Waals surface area contributed by atoms with Crippen LogP contribution in [0.4, 0.5) is 0 Å². The number of imidazole rings is 1. The molecule has 0 atom stereocenters. The number of hydrogen-bond acceptors (Lipinski definition) is 2. The predicted molar refractivity (Wildman–Crippen MR) is 130 cm³/mol. The van der Waals surface area contributed by atoms with Gasteiger partial charge in [0.05, 0.1) is 24.0 Å². The van der Waals surface area contributed by atoms with Crippen LogP contribution in [0.2, 0.25) is 5.04 Å². The minimum Gasteiger partial charge on any atom is -0.403 e. The van der Waals surface area contributed by atoms with Gasteiger partial charge in [-0.3, -0.25) is 0 Å². The van der Waals surface area contributed by atoms with Crippen molar-refractivity contribution in [2.75, 3.05) is 0 Å². The Kier molecular flexibility index (Phi) is 5.07. The lowest BCUT2D eigenvalue weighted by molar-refractivity contribution is 0.286. The quantitative estimate of drug-likeness (QED) is 0.384. The van der Waals surface area contributed by atoms with Crippen molar-refractivity contribution in [3.63, 3.8) is 0 Å². The van der Waals surface area contributed by atoms with Crippen molar-refractivity contribution in [2.24, 2.45) is 0 Å². The molecular weight excluding hydrogens is 396 g/mol. The standard InChI is InChI=1S/C27H30N2OSi/c1-27(2,3)31(23-10-6-4-7-11-23,24-12-8-5-9-13-24)30-19-21-14-17-25-26(18-21)29(20-28-25)22-15-16-22/h4-14,17-18,20,22H,15-16,19H2,1-3H3. The zero-order valence-corrected chi connectivity index (χ0v) is 19.6. The van der Waals surface area contributed by atoms with Crippen molar-refractivity contribution in [3.8, 4) is 0 Å². The van der Waals surface area contributed by atoms with Crippen LogP contribution in [-0.2, 0) is 11.0 Å². The Morgan fingerprint density at radius 1 is 0.903 bits per heavy atom. The first-order chi connectivity index (χ1) is 15.0. The smallest absolute Gasteiger partial charge is 0.261 e. The van der Waals surface area contributed by atoms with Gasteiger partial charge in [0.1, 0.15) is 0 Å². The van der Waals surface area contributed by atoms with E-state index in [4.69, 9.17) is 4.43 Å². The second-order valence-corrected chi connectivity index (χ2v) is 14.0. The summed E-state index contributed by atoms with van der Waals surface area (Å²) in [5.74, 6) is 0. The van der Waals surface area contributed by atoms with Gasteiger partial charge in [0.2, 0.25) is 0 Å². The summed E-state index contributed by atoms with van der Waals surface area (Å²) in [4.78, 5) is 4.60. The van der Waals surface area contributed by atoms with Gasteiger partial charge in [-0.05, 0) is 45.9 Å². The molecule has 0 unspecified atom stereocenters. The van der Waals surface area contributed by atoms with Crippen molar-refractivity contribution < 1.29 is 4.43 Å². The average Bonchev–Trinajstić information content (AvgIpc) is 3.54. The van der Waals surface area contributed by atoms with E-state index in [-0.39, 0.29) is 5.04 Å². The SMILES string of the molecule is CC(C)(C)[Si](OCc1ccc2ncn(C3CC3)c2c1)(c1ccccc1)c1ccccc1. The summed E-state index contributed by atoms with van der Waals surface area (Å²) < 4.78 is 9.44. The molecule has 0 N–H and O–H groups in total. The highest BCUT2D eigenvalue weighted by atomic mass is 28.4. The van der Waals surface area contributed by atoms with Gasteiger partial charge < -0.3 is 8.99 Å². The molecule has 1 saturated carbocycles. The second-order valence-electron chi connectivity index (χ2n) is 9.66. The summed E-state index contributed by atoms with van der Waals surface area (Å²) in [6.07, 6.45) is 4.51. The number of benzene rings is 3. The summed E-state index contributed by atoms with van der Waals surface area (Å²) >= 11 is 0. The molecule has 3 nitrogen and oxygen atoms in total. The van der Waals surface area contributed by atoms with Crippen LogP contribution in [-0.4, -0.2) is 17.9 Å². The van der Waals surface area contributed by atoms with Gasteiger partial charge in [-0.25, -0.2) is 4.98 Å². The Labute approximate surface area is 185 Å². The first kappa shape index (κ1) is 20.2. The lowest BCUT2D eigenvalue weighted by atomic mass is 10.2. The fourth-order valence-electron chi connectivity index (χ4n) is 4.76. The van der Waals surface area contributed by atoms with Crippen LogP contribution in [0.15, 0.2) is 85.2 Å². The van der Waals surface area contributed by atoms with Crippen LogP contribution in [0.1, 0.15) is 45.2 Å². The molecule has 1 fully saturated rings. The van der Waals surface area contributed by atoms with Gasteiger partial charge in [0, 0.05) is 6.04 Å². The molecule has 1 heterocycles. The number of nitrogens with zero attached hydrogens (tertiary/aromatic N) is 2. The number of rotatable bonds is 6. The van der Waals surface area contributed by atoms with Crippen molar-refractivity contribution in [2.45, 2.75) is 51.3 Å². The largest absolute Gasteiger partial charge is 0.403 e. The number of hydrogen-bond donors (Lipinski definition) is 0. The number of fused-ring (bicyclic) bond motifs is 1. The van der Waals surface area contributed by atoms with Gasteiger partial charge in [-0.15, -0.1) is 0 Å². The van der Waals surface area contributed by atoms with Gasteiger partial charge in [0.25, 0.3) is 8.32 Å². The van der Waals surface area contributed by atoms with Gasteiger partial charge in [0.15, 0.2) is 0 Å². The molecule has 0 bridgehead atoms. The van der Waals surface area contributed by atoms with Gasteiger partial charge in [-0.1, -0.05) is 87.5 Å². The molecule has 3 aromatic carbocycles. The molecule has 158 valence electrons. The fourth-order valence-corrected chi connectivity index (χ4v) is 9.30. The van der Waals surface area contributed by atoms with Crippen LogP contribution in [0.5, 0.6) is 0 Å². The van der Waals surface area contributed by atoms with E-state index in [2.05, 4.69) is 109 Å². The Morgan fingerprint density at radius 3 is 2.06 bits per heavy atom. The fraction of sp³-hybridized carbons (Fsp3) is 0.296. The molecule has 0 saturated heterocycles. The lowest BCUT2D eigenvalue weighted by Gasteiger charge is -2.43. The molecule has 0 radical (unpaired) electrons. The first-order valence-corrected chi connectivity index (χ1v) is 13.1. The van der Waals surface area contributed by atoms with Crippen molar-refractivity contribution in [1.29, 1.82) is 0 Å². The van der Waals surface area contributed by atoms with Crippen molar-refractivity contribution in [3.05, 3.63) is 90.8 Å². The normalized spacial score (nSPS) is 14.8. The molecule has 5 rings (SSSR count). The van der Waals surface area contributed by atoms with E-state index in [1.807, 2.05) is 6.33 Å².